The third-order valence-corrected chi connectivity index (χ3v) is 5.25. The summed E-state index contributed by atoms with van der Waals surface area (Å²) < 4.78 is 0.857. The van der Waals surface area contributed by atoms with Crippen molar-refractivity contribution in [3.8, 4) is 0 Å². The van der Waals surface area contributed by atoms with Crippen LogP contribution in [0.2, 0.25) is 4.34 Å². The Bertz CT molecular complexity index is 355. The van der Waals surface area contributed by atoms with Crippen molar-refractivity contribution in [1.29, 1.82) is 0 Å². The molecule has 0 aliphatic heterocycles. The summed E-state index contributed by atoms with van der Waals surface area (Å²) >= 11 is 7.61. The number of fused-ring (bicyclic) bond motifs is 1. The summed E-state index contributed by atoms with van der Waals surface area (Å²) in [4.78, 5) is 1.29. The Labute approximate surface area is 98.8 Å². The second-order valence-corrected chi connectivity index (χ2v) is 6.37. The minimum Gasteiger partial charge on any atom is -0.271 e. The van der Waals surface area contributed by atoms with Crippen LogP contribution in [0.1, 0.15) is 30.2 Å². The van der Waals surface area contributed by atoms with Gasteiger partial charge in [0, 0.05) is 4.88 Å². The summed E-state index contributed by atoms with van der Waals surface area (Å²) in [5, 5.41) is 0. The highest BCUT2D eigenvalue weighted by atomic mass is 35.5. The molecule has 0 amide bonds. The van der Waals surface area contributed by atoms with Crippen molar-refractivity contribution < 1.29 is 0 Å². The Kier molecular flexibility index (Phi) is 2.51. The van der Waals surface area contributed by atoms with Gasteiger partial charge >= 0.3 is 0 Å². The molecule has 4 heteroatoms. The van der Waals surface area contributed by atoms with Gasteiger partial charge in [-0.1, -0.05) is 18.0 Å². The minimum atomic E-state index is 0.331. The van der Waals surface area contributed by atoms with Crippen LogP contribution in [-0.2, 0) is 0 Å². The third kappa shape index (κ3) is 1.62. The van der Waals surface area contributed by atoms with Crippen molar-refractivity contribution in [3.63, 3.8) is 0 Å². The van der Waals surface area contributed by atoms with Gasteiger partial charge < -0.3 is 0 Å². The van der Waals surface area contributed by atoms with Gasteiger partial charge in [0.1, 0.15) is 0 Å². The van der Waals surface area contributed by atoms with E-state index in [9.17, 15) is 0 Å². The fourth-order valence-electron chi connectivity index (χ4n) is 3.25. The predicted octanol–water partition coefficient (Wildman–Crippen LogP) is 2.95. The molecule has 3 N–H and O–H groups in total. The molecular formula is C11H15ClN2S. The van der Waals surface area contributed by atoms with Crippen molar-refractivity contribution in [2.75, 3.05) is 0 Å². The molecule has 2 saturated carbocycles. The number of rotatable bonds is 3. The van der Waals surface area contributed by atoms with Gasteiger partial charge in [0.2, 0.25) is 0 Å². The predicted molar refractivity (Wildman–Crippen MR) is 63.7 cm³/mol. The molecule has 1 aromatic rings. The number of hydrogen-bond donors (Lipinski definition) is 2. The smallest absolute Gasteiger partial charge is 0.0931 e. The molecule has 0 aromatic carbocycles. The van der Waals surface area contributed by atoms with Gasteiger partial charge in [-0.2, -0.15) is 0 Å². The van der Waals surface area contributed by atoms with Crippen LogP contribution in [0.5, 0.6) is 0 Å². The van der Waals surface area contributed by atoms with E-state index in [1.165, 1.54) is 24.1 Å². The zero-order chi connectivity index (χ0) is 10.4. The van der Waals surface area contributed by atoms with Gasteiger partial charge in [-0.15, -0.1) is 11.3 Å². The highest BCUT2D eigenvalue weighted by Crippen LogP contribution is 2.62. The van der Waals surface area contributed by atoms with E-state index in [0.29, 0.717) is 6.04 Å². The van der Waals surface area contributed by atoms with Gasteiger partial charge in [-0.3, -0.25) is 11.3 Å². The monoisotopic (exact) mass is 242 g/mol. The SMILES string of the molecule is NNC(c1ccc(Cl)s1)C1C2CCCC21. The van der Waals surface area contributed by atoms with Gasteiger partial charge in [0.25, 0.3) is 0 Å². The standard InChI is InChI=1S/C11H15ClN2S/c12-9-5-4-8(15-9)11(14-13)10-6-2-1-3-7(6)10/h4-7,10-11,14H,1-3,13H2. The van der Waals surface area contributed by atoms with E-state index >= 15 is 0 Å². The Hall–Kier alpha value is -0.0900. The molecule has 82 valence electrons. The molecule has 3 rings (SSSR count). The number of halogens is 1. The molecule has 0 bridgehead atoms. The number of hydrogen-bond acceptors (Lipinski definition) is 3. The molecule has 1 aromatic heterocycles. The fourth-order valence-corrected chi connectivity index (χ4v) is 4.43. The average molecular weight is 243 g/mol. The highest BCUT2D eigenvalue weighted by molar-refractivity contribution is 7.16. The third-order valence-electron chi connectivity index (χ3n) is 3.94. The lowest BCUT2D eigenvalue weighted by molar-refractivity contribution is 0.431. The first-order valence-electron chi connectivity index (χ1n) is 5.52. The molecule has 2 aliphatic rings. The maximum absolute atomic E-state index is 5.96. The molecule has 3 atom stereocenters. The first-order valence-corrected chi connectivity index (χ1v) is 6.72. The number of nitrogens with two attached hydrogens (primary N) is 1. The van der Waals surface area contributed by atoms with E-state index in [4.69, 9.17) is 17.4 Å². The maximum atomic E-state index is 5.96. The van der Waals surface area contributed by atoms with Crippen LogP contribution in [0.4, 0.5) is 0 Å². The zero-order valence-corrected chi connectivity index (χ0v) is 10.0. The van der Waals surface area contributed by atoms with E-state index in [1.54, 1.807) is 11.3 Å². The summed E-state index contributed by atoms with van der Waals surface area (Å²) in [6.45, 7) is 0. The molecule has 2 nitrogen and oxygen atoms in total. The van der Waals surface area contributed by atoms with Crippen molar-refractivity contribution in [3.05, 3.63) is 21.3 Å². The summed E-state index contributed by atoms with van der Waals surface area (Å²) in [5.41, 5.74) is 2.97. The number of thiophene rings is 1. The van der Waals surface area contributed by atoms with E-state index in [1.807, 2.05) is 6.07 Å². The lowest BCUT2D eigenvalue weighted by Crippen LogP contribution is -2.30. The van der Waals surface area contributed by atoms with Crippen LogP contribution < -0.4 is 11.3 Å². The molecular weight excluding hydrogens is 228 g/mol. The summed E-state index contributed by atoms with van der Waals surface area (Å²) in [6.07, 6.45) is 4.20. The fraction of sp³-hybridized carbons (Fsp3) is 0.636. The van der Waals surface area contributed by atoms with Crippen LogP contribution in [0.3, 0.4) is 0 Å². The van der Waals surface area contributed by atoms with Gasteiger partial charge in [-0.05, 0) is 42.7 Å². The summed E-state index contributed by atoms with van der Waals surface area (Å²) in [7, 11) is 0. The first-order chi connectivity index (χ1) is 7.31. The number of nitrogens with one attached hydrogen (secondary N) is 1. The van der Waals surface area contributed by atoms with Crippen molar-refractivity contribution in [1.82, 2.24) is 5.43 Å². The first kappa shape index (κ1) is 10.1. The molecule has 3 unspecified atom stereocenters. The Morgan fingerprint density at radius 2 is 2.13 bits per heavy atom. The molecule has 0 saturated heterocycles. The van der Waals surface area contributed by atoms with Crippen molar-refractivity contribution >= 4 is 22.9 Å². The van der Waals surface area contributed by atoms with E-state index in [-0.39, 0.29) is 0 Å². The normalized spacial score (nSPS) is 35.2. The highest BCUT2D eigenvalue weighted by Gasteiger charge is 2.56. The van der Waals surface area contributed by atoms with Gasteiger partial charge in [0.15, 0.2) is 0 Å². The van der Waals surface area contributed by atoms with Crippen LogP contribution in [0.25, 0.3) is 0 Å². The van der Waals surface area contributed by atoms with Crippen LogP contribution >= 0.6 is 22.9 Å². The largest absolute Gasteiger partial charge is 0.271 e. The molecule has 0 spiro atoms. The second-order valence-electron chi connectivity index (χ2n) is 4.62. The van der Waals surface area contributed by atoms with E-state index in [2.05, 4.69) is 11.5 Å². The molecule has 1 heterocycles. The Morgan fingerprint density at radius 1 is 1.40 bits per heavy atom. The molecule has 2 aliphatic carbocycles. The van der Waals surface area contributed by atoms with Gasteiger partial charge in [-0.25, -0.2) is 0 Å². The van der Waals surface area contributed by atoms with Crippen LogP contribution in [-0.4, -0.2) is 0 Å². The van der Waals surface area contributed by atoms with Crippen molar-refractivity contribution in [2.24, 2.45) is 23.6 Å². The zero-order valence-electron chi connectivity index (χ0n) is 8.45. The van der Waals surface area contributed by atoms with Crippen molar-refractivity contribution in [2.45, 2.75) is 25.3 Å². The van der Waals surface area contributed by atoms with Crippen LogP contribution in [0.15, 0.2) is 12.1 Å². The summed E-state index contributed by atoms with van der Waals surface area (Å²) in [5.74, 6) is 8.28. The number of hydrazine groups is 1. The topological polar surface area (TPSA) is 38.0 Å². The van der Waals surface area contributed by atoms with Crippen LogP contribution in [0, 0.1) is 17.8 Å². The Morgan fingerprint density at radius 3 is 2.67 bits per heavy atom. The van der Waals surface area contributed by atoms with E-state index in [0.717, 1.165) is 22.1 Å². The average Bonchev–Trinajstić information content (AvgIpc) is 2.67. The minimum absolute atomic E-state index is 0.331. The lowest BCUT2D eigenvalue weighted by atomic mass is 10.0. The van der Waals surface area contributed by atoms with E-state index < -0.39 is 0 Å². The molecule has 15 heavy (non-hydrogen) atoms. The maximum Gasteiger partial charge on any atom is 0.0931 e. The quantitative estimate of drug-likeness (QED) is 0.632. The lowest BCUT2D eigenvalue weighted by Gasteiger charge is -2.15. The summed E-state index contributed by atoms with van der Waals surface area (Å²) in [6, 6.07) is 4.40. The second kappa shape index (κ2) is 3.74. The molecule has 2 fully saturated rings. The Balaban J connectivity index is 1.78. The molecule has 0 radical (unpaired) electrons. The van der Waals surface area contributed by atoms with Gasteiger partial charge in [0.05, 0.1) is 10.4 Å².